The van der Waals surface area contributed by atoms with Crippen LogP contribution in [-0.2, 0) is 0 Å². The number of ether oxygens (including phenoxy) is 1. The maximum atomic E-state index is 10.7. The summed E-state index contributed by atoms with van der Waals surface area (Å²) in [7, 11) is 0. The molecule has 8 heteroatoms. The highest BCUT2D eigenvalue weighted by Crippen LogP contribution is 2.28. The molecule has 0 saturated carbocycles. The number of thioether (sulfide) groups is 1. The lowest BCUT2D eigenvalue weighted by Crippen LogP contribution is -2.49. The molecule has 1 aliphatic heterocycles. The number of benzene rings is 1. The fraction of sp³-hybridized carbons (Fsp3) is 0.316. The van der Waals surface area contributed by atoms with E-state index in [9.17, 15) is 5.11 Å². The van der Waals surface area contributed by atoms with Gasteiger partial charge in [0.25, 0.3) is 0 Å². The van der Waals surface area contributed by atoms with Crippen molar-refractivity contribution in [2.24, 2.45) is 0 Å². The van der Waals surface area contributed by atoms with Crippen LogP contribution >= 0.6 is 11.8 Å². The lowest BCUT2D eigenvalue weighted by atomic mass is 10.0. The van der Waals surface area contributed by atoms with Gasteiger partial charge in [-0.1, -0.05) is 17.8 Å². The molecule has 0 radical (unpaired) electrons. The van der Waals surface area contributed by atoms with Crippen LogP contribution < -0.4 is 15.4 Å². The van der Waals surface area contributed by atoms with E-state index < -0.39 is 6.10 Å². The first-order valence-electron chi connectivity index (χ1n) is 8.76. The Kier molecular flexibility index (Phi) is 5.00. The first-order valence-corrected chi connectivity index (χ1v) is 9.98. The van der Waals surface area contributed by atoms with Crippen molar-refractivity contribution in [1.82, 2.24) is 15.0 Å². The standard InChI is InChI=1S/C19H21N5O2S/c1-27-19-22-17(20)10-18(23-19)24-9-7-16(14(25)11-24)26-15-6-2-5-13-12(15)4-3-8-21-13/h2-6,8,10,14,16,25H,7,9,11H2,1H3,(H2,20,22,23)/t14-,16-/m1/s1. The molecule has 1 aliphatic rings. The number of pyridine rings is 1. The molecule has 1 aromatic carbocycles. The molecule has 0 spiro atoms. The molecule has 2 aromatic heterocycles. The van der Waals surface area contributed by atoms with Crippen molar-refractivity contribution in [3.8, 4) is 5.75 Å². The Morgan fingerprint density at radius 1 is 1.26 bits per heavy atom. The van der Waals surface area contributed by atoms with E-state index in [1.807, 2.05) is 41.5 Å². The molecule has 0 aliphatic carbocycles. The number of rotatable bonds is 4. The van der Waals surface area contributed by atoms with Gasteiger partial charge in [0.2, 0.25) is 0 Å². The third kappa shape index (κ3) is 3.77. The largest absolute Gasteiger partial charge is 0.487 e. The van der Waals surface area contributed by atoms with E-state index in [1.165, 1.54) is 11.8 Å². The molecule has 7 nitrogen and oxygen atoms in total. The average molecular weight is 383 g/mol. The van der Waals surface area contributed by atoms with Crippen LogP contribution in [0.15, 0.2) is 47.8 Å². The van der Waals surface area contributed by atoms with E-state index in [4.69, 9.17) is 10.5 Å². The fourth-order valence-electron chi connectivity index (χ4n) is 3.28. The number of β-amino-alcohol motifs (C(OH)–C–C–N with tert-alkyl or cyclic N) is 1. The Bertz CT molecular complexity index is 949. The number of aliphatic hydroxyl groups excluding tert-OH is 1. The Morgan fingerprint density at radius 2 is 2.15 bits per heavy atom. The van der Waals surface area contributed by atoms with E-state index in [0.717, 1.165) is 29.0 Å². The molecule has 3 heterocycles. The molecule has 3 aromatic rings. The maximum Gasteiger partial charge on any atom is 0.191 e. The van der Waals surface area contributed by atoms with Gasteiger partial charge in [0.05, 0.1) is 5.52 Å². The Hall–Kier alpha value is -2.58. The van der Waals surface area contributed by atoms with Gasteiger partial charge in [-0.05, 0) is 30.5 Å². The number of hydrogen-bond donors (Lipinski definition) is 2. The van der Waals surface area contributed by atoms with Gasteiger partial charge in [-0.15, -0.1) is 0 Å². The molecule has 3 N–H and O–H groups in total. The highest BCUT2D eigenvalue weighted by Gasteiger charge is 2.30. The zero-order valence-electron chi connectivity index (χ0n) is 14.9. The third-order valence-electron chi connectivity index (χ3n) is 4.62. The van der Waals surface area contributed by atoms with Gasteiger partial charge in [0, 0.05) is 37.2 Å². The lowest BCUT2D eigenvalue weighted by molar-refractivity contribution is 0.0249. The summed E-state index contributed by atoms with van der Waals surface area (Å²) in [6.07, 6.45) is 3.42. The Morgan fingerprint density at radius 3 is 2.96 bits per heavy atom. The maximum absolute atomic E-state index is 10.7. The second kappa shape index (κ2) is 7.58. The highest BCUT2D eigenvalue weighted by molar-refractivity contribution is 7.98. The smallest absolute Gasteiger partial charge is 0.191 e. The molecule has 140 valence electrons. The monoisotopic (exact) mass is 383 g/mol. The van der Waals surface area contributed by atoms with Gasteiger partial charge in [-0.3, -0.25) is 4.98 Å². The minimum Gasteiger partial charge on any atom is -0.487 e. The summed E-state index contributed by atoms with van der Waals surface area (Å²) >= 11 is 1.44. The number of aromatic nitrogens is 3. The SMILES string of the molecule is CSc1nc(N)cc(N2CC[C@@H](Oc3cccc4ncccc34)[C@H](O)C2)n1. The predicted molar refractivity (Wildman–Crippen MR) is 107 cm³/mol. The summed E-state index contributed by atoms with van der Waals surface area (Å²) in [5, 5.41) is 12.2. The Labute approximate surface area is 161 Å². The molecule has 0 amide bonds. The summed E-state index contributed by atoms with van der Waals surface area (Å²) in [4.78, 5) is 15.0. The van der Waals surface area contributed by atoms with Crippen molar-refractivity contribution in [2.75, 3.05) is 30.0 Å². The van der Waals surface area contributed by atoms with Gasteiger partial charge in [-0.25, -0.2) is 9.97 Å². The van der Waals surface area contributed by atoms with E-state index in [0.29, 0.717) is 23.9 Å². The Balaban J connectivity index is 1.50. The zero-order valence-corrected chi connectivity index (χ0v) is 15.8. The van der Waals surface area contributed by atoms with Crippen molar-refractivity contribution in [1.29, 1.82) is 0 Å². The van der Waals surface area contributed by atoms with Crippen molar-refractivity contribution in [3.05, 3.63) is 42.6 Å². The summed E-state index contributed by atoms with van der Waals surface area (Å²) in [5.74, 6) is 1.91. The van der Waals surface area contributed by atoms with Crippen molar-refractivity contribution >= 4 is 34.3 Å². The molecule has 1 fully saturated rings. The number of anilines is 2. The van der Waals surface area contributed by atoms with Crippen LogP contribution in [0, 0.1) is 0 Å². The number of fused-ring (bicyclic) bond motifs is 1. The second-order valence-corrected chi connectivity index (χ2v) is 7.20. The van der Waals surface area contributed by atoms with Gasteiger partial charge < -0.3 is 20.5 Å². The summed E-state index contributed by atoms with van der Waals surface area (Å²) < 4.78 is 6.16. The van der Waals surface area contributed by atoms with Crippen LogP contribution in [0.1, 0.15) is 6.42 Å². The number of piperidine rings is 1. The fourth-order valence-corrected chi connectivity index (χ4v) is 3.66. The van der Waals surface area contributed by atoms with Crippen LogP contribution in [0.4, 0.5) is 11.6 Å². The molecule has 27 heavy (non-hydrogen) atoms. The zero-order chi connectivity index (χ0) is 18.8. The van der Waals surface area contributed by atoms with Gasteiger partial charge in [0.15, 0.2) is 5.16 Å². The number of aliphatic hydroxyl groups is 1. The molecule has 1 saturated heterocycles. The summed E-state index contributed by atoms with van der Waals surface area (Å²) in [6, 6.07) is 11.4. The van der Waals surface area contributed by atoms with Crippen LogP contribution in [0.5, 0.6) is 5.75 Å². The predicted octanol–water partition coefficient (Wildman–Crippen LogP) is 2.35. The van der Waals surface area contributed by atoms with E-state index in [-0.39, 0.29) is 6.10 Å². The number of nitrogens with zero attached hydrogens (tertiary/aromatic N) is 4. The third-order valence-corrected chi connectivity index (χ3v) is 5.17. The molecule has 0 unspecified atom stereocenters. The molecule has 2 atom stereocenters. The van der Waals surface area contributed by atoms with Crippen molar-refractivity contribution < 1.29 is 9.84 Å². The van der Waals surface area contributed by atoms with Crippen LogP contribution in [0.25, 0.3) is 10.9 Å². The van der Waals surface area contributed by atoms with Crippen molar-refractivity contribution in [2.45, 2.75) is 23.8 Å². The molecule has 4 rings (SSSR count). The lowest BCUT2D eigenvalue weighted by Gasteiger charge is -2.36. The minimum atomic E-state index is -0.639. The highest BCUT2D eigenvalue weighted by atomic mass is 32.2. The molecule has 0 bridgehead atoms. The quantitative estimate of drug-likeness (QED) is 0.523. The van der Waals surface area contributed by atoms with Crippen LogP contribution in [0.3, 0.4) is 0 Å². The van der Waals surface area contributed by atoms with E-state index >= 15 is 0 Å². The molecular formula is C19H21N5O2S. The van der Waals surface area contributed by atoms with Gasteiger partial charge in [0.1, 0.15) is 29.6 Å². The summed E-state index contributed by atoms with van der Waals surface area (Å²) in [5.41, 5.74) is 6.75. The van der Waals surface area contributed by atoms with Crippen molar-refractivity contribution in [3.63, 3.8) is 0 Å². The number of hydrogen-bond acceptors (Lipinski definition) is 8. The first kappa shape index (κ1) is 17.8. The topological polar surface area (TPSA) is 97.4 Å². The average Bonchev–Trinajstić information content (AvgIpc) is 2.69. The summed E-state index contributed by atoms with van der Waals surface area (Å²) in [6.45, 7) is 1.15. The van der Waals surface area contributed by atoms with E-state index in [1.54, 1.807) is 12.3 Å². The minimum absolute atomic E-state index is 0.286. The molecular weight excluding hydrogens is 362 g/mol. The van der Waals surface area contributed by atoms with E-state index in [2.05, 4.69) is 15.0 Å². The first-order chi connectivity index (χ1) is 13.1. The van der Waals surface area contributed by atoms with Crippen LogP contribution in [0.2, 0.25) is 0 Å². The van der Waals surface area contributed by atoms with Gasteiger partial charge in [-0.2, -0.15) is 0 Å². The number of nitrogens with two attached hydrogens (primary N) is 1. The second-order valence-electron chi connectivity index (χ2n) is 6.42. The number of nitrogen functional groups attached to an aromatic ring is 1. The van der Waals surface area contributed by atoms with Crippen LogP contribution in [-0.4, -0.2) is 51.6 Å². The van der Waals surface area contributed by atoms with Gasteiger partial charge >= 0.3 is 0 Å². The normalized spacial score (nSPS) is 20.0.